The molecule has 1 N–H and O–H groups in total. The van der Waals surface area contributed by atoms with E-state index in [1.54, 1.807) is 36.4 Å². The van der Waals surface area contributed by atoms with Gasteiger partial charge in [0.25, 0.3) is 5.91 Å². The molecule has 2 rings (SSSR count). The van der Waals surface area contributed by atoms with E-state index in [9.17, 15) is 4.79 Å². The summed E-state index contributed by atoms with van der Waals surface area (Å²) in [5, 5.41) is 2.69. The van der Waals surface area contributed by atoms with Crippen LogP contribution in [-0.4, -0.2) is 5.91 Å². The van der Waals surface area contributed by atoms with Gasteiger partial charge in [0.05, 0.1) is 6.26 Å². The zero-order valence-corrected chi connectivity index (χ0v) is 8.44. The SMILES string of the molecule is C#Cc1cccc(NC(=O)c2ccco2)c1. The molecule has 1 amide bonds. The third kappa shape index (κ3) is 2.12. The average molecular weight is 211 g/mol. The van der Waals surface area contributed by atoms with E-state index in [1.807, 2.05) is 0 Å². The van der Waals surface area contributed by atoms with Gasteiger partial charge in [0, 0.05) is 11.3 Å². The van der Waals surface area contributed by atoms with Crippen molar-refractivity contribution in [1.29, 1.82) is 0 Å². The Hall–Kier alpha value is -2.47. The maximum absolute atomic E-state index is 11.6. The highest BCUT2D eigenvalue weighted by atomic mass is 16.3. The predicted molar refractivity (Wildman–Crippen MR) is 61.0 cm³/mol. The number of carbonyl (C=O) groups excluding carboxylic acids is 1. The minimum atomic E-state index is -0.292. The van der Waals surface area contributed by atoms with Crippen molar-refractivity contribution in [2.24, 2.45) is 0 Å². The Morgan fingerprint density at radius 2 is 2.19 bits per heavy atom. The normalized spacial score (nSPS) is 9.44. The smallest absolute Gasteiger partial charge is 0.291 e. The second-order valence-corrected chi connectivity index (χ2v) is 3.16. The molecule has 3 heteroatoms. The van der Waals surface area contributed by atoms with Gasteiger partial charge in [-0.3, -0.25) is 4.79 Å². The molecule has 1 aromatic carbocycles. The number of furan rings is 1. The first-order valence-corrected chi connectivity index (χ1v) is 4.71. The molecule has 0 aliphatic carbocycles. The summed E-state index contributed by atoms with van der Waals surface area (Å²) in [6.45, 7) is 0. The van der Waals surface area contributed by atoms with Gasteiger partial charge in [0.2, 0.25) is 0 Å². The van der Waals surface area contributed by atoms with Crippen LogP contribution in [0.5, 0.6) is 0 Å². The van der Waals surface area contributed by atoms with Gasteiger partial charge < -0.3 is 9.73 Å². The minimum absolute atomic E-state index is 0.270. The van der Waals surface area contributed by atoms with E-state index in [2.05, 4.69) is 11.2 Å². The fourth-order valence-electron chi connectivity index (χ4n) is 1.29. The quantitative estimate of drug-likeness (QED) is 0.775. The van der Waals surface area contributed by atoms with Crippen molar-refractivity contribution in [1.82, 2.24) is 0 Å². The molecule has 78 valence electrons. The number of rotatable bonds is 2. The van der Waals surface area contributed by atoms with Crippen LogP contribution in [0.1, 0.15) is 16.1 Å². The van der Waals surface area contributed by atoms with E-state index in [0.29, 0.717) is 5.69 Å². The van der Waals surface area contributed by atoms with Gasteiger partial charge in [-0.1, -0.05) is 12.0 Å². The zero-order valence-electron chi connectivity index (χ0n) is 8.44. The Morgan fingerprint density at radius 3 is 2.88 bits per heavy atom. The second kappa shape index (κ2) is 4.37. The van der Waals surface area contributed by atoms with Crippen molar-refractivity contribution in [3.8, 4) is 12.3 Å². The van der Waals surface area contributed by atoms with Crippen molar-refractivity contribution >= 4 is 11.6 Å². The summed E-state index contributed by atoms with van der Waals surface area (Å²) in [5.74, 6) is 2.48. The summed E-state index contributed by atoms with van der Waals surface area (Å²) in [6.07, 6.45) is 6.71. The molecular formula is C13H9NO2. The van der Waals surface area contributed by atoms with E-state index in [0.717, 1.165) is 5.56 Å². The fraction of sp³-hybridized carbons (Fsp3) is 0. The van der Waals surface area contributed by atoms with Gasteiger partial charge in [-0.2, -0.15) is 0 Å². The number of hydrogen-bond donors (Lipinski definition) is 1. The van der Waals surface area contributed by atoms with Gasteiger partial charge in [0.1, 0.15) is 0 Å². The first-order chi connectivity index (χ1) is 7.79. The lowest BCUT2D eigenvalue weighted by molar-refractivity contribution is 0.0996. The fourth-order valence-corrected chi connectivity index (χ4v) is 1.29. The summed E-state index contributed by atoms with van der Waals surface area (Å²) in [7, 11) is 0. The van der Waals surface area contributed by atoms with Gasteiger partial charge in [-0.05, 0) is 30.3 Å². The third-order valence-electron chi connectivity index (χ3n) is 2.03. The van der Waals surface area contributed by atoms with Gasteiger partial charge in [-0.25, -0.2) is 0 Å². The van der Waals surface area contributed by atoms with Gasteiger partial charge in [-0.15, -0.1) is 6.42 Å². The predicted octanol–water partition coefficient (Wildman–Crippen LogP) is 2.51. The van der Waals surface area contributed by atoms with Crippen LogP contribution in [0.3, 0.4) is 0 Å². The van der Waals surface area contributed by atoms with E-state index >= 15 is 0 Å². The molecule has 0 aliphatic rings. The van der Waals surface area contributed by atoms with E-state index < -0.39 is 0 Å². The van der Waals surface area contributed by atoms with E-state index in [1.165, 1.54) is 6.26 Å². The van der Waals surface area contributed by atoms with Crippen LogP contribution in [0.15, 0.2) is 47.1 Å². The Kier molecular flexibility index (Phi) is 2.75. The molecule has 0 aliphatic heterocycles. The molecule has 1 heterocycles. The summed E-state index contributed by atoms with van der Waals surface area (Å²) < 4.78 is 4.97. The van der Waals surface area contributed by atoms with Crippen LogP contribution < -0.4 is 5.32 Å². The molecule has 0 atom stereocenters. The van der Waals surface area contributed by atoms with Crippen molar-refractivity contribution < 1.29 is 9.21 Å². The van der Waals surface area contributed by atoms with Crippen molar-refractivity contribution in [2.45, 2.75) is 0 Å². The molecule has 0 unspecified atom stereocenters. The van der Waals surface area contributed by atoms with E-state index in [-0.39, 0.29) is 11.7 Å². The topological polar surface area (TPSA) is 42.2 Å². The molecule has 0 radical (unpaired) electrons. The lowest BCUT2D eigenvalue weighted by Crippen LogP contribution is -2.10. The van der Waals surface area contributed by atoms with E-state index in [4.69, 9.17) is 10.8 Å². The first-order valence-electron chi connectivity index (χ1n) is 4.71. The highest BCUT2D eigenvalue weighted by molar-refractivity contribution is 6.02. The Morgan fingerprint density at radius 1 is 1.31 bits per heavy atom. The maximum atomic E-state index is 11.6. The minimum Gasteiger partial charge on any atom is -0.459 e. The molecule has 3 nitrogen and oxygen atoms in total. The average Bonchev–Trinajstić information content (AvgIpc) is 2.83. The summed E-state index contributed by atoms with van der Waals surface area (Å²) in [6, 6.07) is 10.3. The first kappa shape index (κ1) is 10.1. The molecule has 2 aromatic rings. The molecule has 0 fully saturated rings. The van der Waals surface area contributed by atoms with Crippen molar-refractivity contribution in [3.05, 3.63) is 54.0 Å². The van der Waals surface area contributed by atoms with Crippen LogP contribution >= 0.6 is 0 Å². The molecule has 16 heavy (non-hydrogen) atoms. The van der Waals surface area contributed by atoms with Crippen LogP contribution in [0.25, 0.3) is 0 Å². The van der Waals surface area contributed by atoms with Gasteiger partial charge in [0.15, 0.2) is 5.76 Å². The summed E-state index contributed by atoms with van der Waals surface area (Å²) in [4.78, 5) is 11.6. The molecular weight excluding hydrogens is 202 g/mol. The number of amides is 1. The highest BCUT2D eigenvalue weighted by Gasteiger charge is 2.08. The number of hydrogen-bond acceptors (Lipinski definition) is 2. The summed E-state index contributed by atoms with van der Waals surface area (Å²) >= 11 is 0. The van der Waals surface area contributed by atoms with Crippen LogP contribution in [0.4, 0.5) is 5.69 Å². The van der Waals surface area contributed by atoms with Crippen LogP contribution in [0.2, 0.25) is 0 Å². The number of carbonyl (C=O) groups is 1. The van der Waals surface area contributed by atoms with Crippen molar-refractivity contribution in [3.63, 3.8) is 0 Å². The standard InChI is InChI=1S/C13H9NO2/c1-2-10-5-3-6-11(9-10)14-13(15)12-7-4-8-16-12/h1,3-9H,(H,14,15). The van der Waals surface area contributed by atoms with Crippen molar-refractivity contribution in [2.75, 3.05) is 5.32 Å². The lowest BCUT2D eigenvalue weighted by atomic mass is 10.2. The molecule has 0 saturated carbocycles. The molecule has 0 bridgehead atoms. The maximum Gasteiger partial charge on any atom is 0.291 e. The second-order valence-electron chi connectivity index (χ2n) is 3.16. The third-order valence-corrected chi connectivity index (χ3v) is 2.03. The molecule has 0 spiro atoms. The lowest BCUT2D eigenvalue weighted by Gasteiger charge is -2.03. The van der Waals surface area contributed by atoms with Crippen LogP contribution in [-0.2, 0) is 0 Å². The molecule has 1 aromatic heterocycles. The number of anilines is 1. The highest BCUT2D eigenvalue weighted by Crippen LogP contribution is 2.11. The summed E-state index contributed by atoms with van der Waals surface area (Å²) in [5.41, 5.74) is 1.37. The largest absolute Gasteiger partial charge is 0.459 e. The zero-order chi connectivity index (χ0) is 11.4. The Balaban J connectivity index is 2.16. The number of nitrogens with one attached hydrogen (secondary N) is 1. The van der Waals surface area contributed by atoms with Gasteiger partial charge >= 0.3 is 0 Å². The Bertz CT molecular complexity index is 535. The monoisotopic (exact) mass is 211 g/mol. The Labute approximate surface area is 93.1 Å². The number of benzene rings is 1. The van der Waals surface area contributed by atoms with Crippen LogP contribution in [0, 0.1) is 12.3 Å². The molecule has 0 saturated heterocycles. The number of terminal acetylenes is 1.